The molecule has 4 aliphatic carbocycles. The van der Waals surface area contributed by atoms with Gasteiger partial charge in [0.25, 0.3) is 0 Å². The number of fused-ring (bicyclic) bond motifs is 5. The van der Waals surface area contributed by atoms with Gasteiger partial charge < -0.3 is 0 Å². The summed E-state index contributed by atoms with van der Waals surface area (Å²) in [5.41, 5.74) is 0.739. The first-order chi connectivity index (χ1) is 16.2. The number of carbonyl (C=O) groups excluding carboxylic acids is 1. The van der Waals surface area contributed by atoms with Crippen LogP contribution in [-0.4, -0.2) is 33.9 Å². The van der Waals surface area contributed by atoms with Gasteiger partial charge in [0.2, 0.25) is 6.10 Å². The largest absolute Gasteiger partial charge is 0.376 e. The van der Waals surface area contributed by atoms with Crippen LogP contribution in [0.3, 0.4) is 0 Å². The van der Waals surface area contributed by atoms with Crippen LogP contribution in [-0.2, 0) is 19.5 Å². The zero-order chi connectivity index (χ0) is 24.7. The van der Waals surface area contributed by atoms with Crippen LogP contribution in [0.5, 0.6) is 0 Å². The molecule has 7 nitrogen and oxygen atoms in total. The van der Waals surface area contributed by atoms with Gasteiger partial charge in [-0.3, -0.25) is 15.4 Å². The van der Waals surface area contributed by atoms with Crippen molar-refractivity contribution in [3.8, 4) is 0 Å². The van der Waals surface area contributed by atoms with Crippen molar-refractivity contribution in [3.63, 3.8) is 0 Å². The van der Waals surface area contributed by atoms with Crippen molar-refractivity contribution in [2.24, 2.45) is 52.3 Å². The first-order valence-corrected chi connectivity index (χ1v) is 13.7. The van der Waals surface area contributed by atoms with Crippen LogP contribution in [0.2, 0.25) is 0 Å². The predicted molar refractivity (Wildman–Crippen MR) is 127 cm³/mol. The van der Waals surface area contributed by atoms with Gasteiger partial charge in [-0.2, -0.15) is 5.26 Å². The maximum atomic E-state index is 11.8. The maximum Gasteiger partial charge on any atom is 0.376 e. The normalized spacial score (nSPS) is 44.3. The molecule has 4 saturated carbocycles. The molecule has 7 heteroatoms. The average Bonchev–Trinajstić information content (AvgIpc) is 3.19. The molecule has 0 aromatic carbocycles. The van der Waals surface area contributed by atoms with Gasteiger partial charge in [-0.15, -0.1) is 0 Å². The number of hydrogen-bond acceptors (Lipinski definition) is 7. The van der Waals surface area contributed by atoms with E-state index >= 15 is 0 Å². The molecule has 0 aromatic rings. The number of rotatable bonds is 8. The Morgan fingerprint density at radius 2 is 1.65 bits per heavy atom. The van der Waals surface area contributed by atoms with E-state index in [9.17, 15) is 15.3 Å². The van der Waals surface area contributed by atoms with Crippen molar-refractivity contribution in [2.45, 2.75) is 111 Å². The fourth-order valence-corrected chi connectivity index (χ4v) is 9.90. The van der Waals surface area contributed by atoms with Crippen LogP contribution in [0.4, 0.5) is 0 Å². The molecular formula is C27H46O7. The molecule has 11 atom stereocenters. The Balaban J connectivity index is 1.48. The van der Waals surface area contributed by atoms with Crippen molar-refractivity contribution in [1.82, 2.24) is 0 Å². The highest BCUT2D eigenvalue weighted by molar-refractivity contribution is 5.74. The van der Waals surface area contributed by atoms with Crippen molar-refractivity contribution in [2.75, 3.05) is 0 Å². The molecular weight excluding hydrogens is 436 g/mol. The van der Waals surface area contributed by atoms with Gasteiger partial charge in [-0.25, -0.2) is 14.6 Å². The fourth-order valence-electron chi connectivity index (χ4n) is 9.90. The van der Waals surface area contributed by atoms with Gasteiger partial charge in [0, 0.05) is 0 Å². The van der Waals surface area contributed by atoms with Crippen LogP contribution >= 0.6 is 0 Å². The predicted octanol–water partition coefficient (Wildman–Crippen LogP) is 6.43. The first-order valence-electron chi connectivity index (χ1n) is 13.7. The fraction of sp³-hybridized carbons (Fsp3) is 0.963. The van der Waals surface area contributed by atoms with Gasteiger partial charge in [0.05, 0.1) is 0 Å². The zero-order valence-electron chi connectivity index (χ0n) is 21.4. The third-order valence-corrected chi connectivity index (χ3v) is 11.5. The molecule has 4 rings (SSSR count). The lowest BCUT2D eigenvalue weighted by Crippen LogP contribution is -2.55. The van der Waals surface area contributed by atoms with Gasteiger partial charge in [-0.1, -0.05) is 40.5 Å². The monoisotopic (exact) mass is 482 g/mol. The van der Waals surface area contributed by atoms with E-state index in [1.165, 1.54) is 44.9 Å². The topological polar surface area (TPSA) is 105 Å². The summed E-state index contributed by atoms with van der Waals surface area (Å²) in [7, 11) is 0. The standard InChI is InChI=1S/C27H46O7/c1-5-6-16(2)20-9-10-21-19-8-7-18-15-17(23(32-29)24(33-30)25(28)34-31)11-13-26(18,3)22(19)12-14-27(20,21)4/h16-24,29-31H,5-15H2,1-4H3/t16-,17?,18?,19?,20-,21?,22?,23?,24?,26+,27-/m1/s1. The molecule has 4 fully saturated rings. The molecule has 0 heterocycles. The molecule has 0 aromatic heterocycles. The minimum absolute atomic E-state index is 0.157. The summed E-state index contributed by atoms with van der Waals surface area (Å²) in [6.07, 6.45) is 10.4. The molecule has 0 aliphatic heterocycles. The molecule has 0 bridgehead atoms. The second-order valence-corrected chi connectivity index (χ2v) is 12.7. The Bertz CT molecular complexity index is 715. The third-order valence-electron chi connectivity index (χ3n) is 11.5. The molecule has 34 heavy (non-hydrogen) atoms. The number of hydrogen-bond donors (Lipinski definition) is 3. The van der Waals surface area contributed by atoms with Crippen LogP contribution in [0.25, 0.3) is 0 Å². The quantitative estimate of drug-likeness (QED) is 0.270. The summed E-state index contributed by atoms with van der Waals surface area (Å²) in [6.45, 7) is 9.90. The summed E-state index contributed by atoms with van der Waals surface area (Å²) in [5.74, 6) is 3.21. The van der Waals surface area contributed by atoms with Gasteiger partial charge >= 0.3 is 5.97 Å². The summed E-state index contributed by atoms with van der Waals surface area (Å²) in [6, 6.07) is 0. The van der Waals surface area contributed by atoms with E-state index in [2.05, 4.69) is 42.4 Å². The van der Waals surface area contributed by atoms with Gasteiger partial charge in [-0.05, 0) is 110 Å². The molecule has 0 radical (unpaired) electrons. The van der Waals surface area contributed by atoms with Crippen molar-refractivity contribution >= 4 is 5.97 Å². The van der Waals surface area contributed by atoms with E-state index in [0.717, 1.165) is 55.3 Å². The van der Waals surface area contributed by atoms with Crippen molar-refractivity contribution < 1.29 is 35.2 Å². The molecule has 0 amide bonds. The number of carbonyl (C=O) groups is 1. The highest BCUT2D eigenvalue weighted by Gasteiger charge is 2.61. The minimum Gasteiger partial charge on any atom is -0.298 e. The Hall–Kier alpha value is -0.730. The average molecular weight is 483 g/mol. The van der Waals surface area contributed by atoms with Crippen LogP contribution < -0.4 is 0 Å². The van der Waals surface area contributed by atoms with Gasteiger partial charge in [0.1, 0.15) is 6.10 Å². The lowest BCUT2D eigenvalue weighted by Gasteiger charge is -2.61. The summed E-state index contributed by atoms with van der Waals surface area (Å²) in [4.78, 5) is 24.4. The molecule has 4 aliphatic rings. The Kier molecular flexibility index (Phi) is 8.00. The maximum absolute atomic E-state index is 11.8. The van der Waals surface area contributed by atoms with Crippen LogP contribution in [0, 0.1) is 52.3 Å². The lowest BCUT2D eigenvalue weighted by molar-refractivity contribution is -0.368. The second-order valence-electron chi connectivity index (χ2n) is 12.7. The highest BCUT2D eigenvalue weighted by atomic mass is 17.2. The minimum atomic E-state index is -1.57. The zero-order valence-corrected chi connectivity index (χ0v) is 21.4. The molecule has 3 N–H and O–H groups in total. The summed E-state index contributed by atoms with van der Waals surface area (Å²) >= 11 is 0. The van der Waals surface area contributed by atoms with E-state index in [1.54, 1.807) is 0 Å². The Morgan fingerprint density at radius 3 is 2.29 bits per heavy atom. The molecule has 0 saturated heterocycles. The Morgan fingerprint density at radius 1 is 0.941 bits per heavy atom. The van der Waals surface area contributed by atoms with E-state index in [4.69, 9.17) is 5.26 Å². The van der Waals surface area contributed by atoms with E-state index in [1.807, 2.05) is 0 Å². The van der Waals surface area contributed by atoms with E-state index in [0.29, 0.717) is 11.3 Å². The van der Waals surface area contributed by atoms with Gasteiger partial charge in [0.15, 0.2) is 0 Å². The lowest BCUT2D eigenvalue weighted by atomic mass is 9.43. The highest BCUT2D eigenvalue weighted by Crippen LogP contribution is 2.68. The third kappa shape index (κ3) is 4.23. The van der Waals surface area contributed by atoms with E-state index < -0.39 is 18.2 Å². The van der Waals surface area contributed by atoms with Crippen molar-refractivity contribution in [3.05, 3.63) is 0 Å². The van der Waals surface area contributed by atoms with Crippen LogP contribution in [0.1, 0.15) is 98.3 Å². The van der Waals surface area contributed by atoms with Crippen molar-refractivity contribution in [1.29, 1.82) is 0 Å². The van der Waals surface area contributed by atoms with Crippen LogP contribution in [0.15, 0.2) is 0 Å². The Labute approximate surface area is 204 Å². The molecule has 0 spiro atoms. The summed E-state index contributed by atoms with van der Waals surface area (Å²) < 4.78 is 0. The first kappa shape index (κ1) is 26.3. The molecule has 7 unspecified atom stereocenters. The second kappa shape index (κ2) is 10.3. The summed E-state index contributed by atoms with van der Waals surface area (Å²) in [5, 5.41) is 27.5. The molecule has 196 valence electrons. The smallest absolute Gasteiger partial charge is 0.298 e. The van der Waals surface area contributed by atoms with E-state index in [-0.39, 0.29) is 11.3 Å². The SMILES string of the molecule is CCC[C@@H](C)[C@H]1CCC2C3CCC4CC(C(OO)C(OO)C(=O)OO)CC[C@]4(C)C3CC[C@@]21C.